The van der Waals surface area contributed by atoms with Gasteiger partial charge in [-0.05, 0) is 36.3 Å². The zero-order valence-corrected chi connectivity index (χ0v) is 14.8. The second-order valence-electron chi connectivity index (χ2n) is 5.58. The average molecular weight is 347 g/mol. The number of carbonyl (C=O) groups is 2. The van der Waals surface area contributed by atoms with Gasteiger partial charge in [0.05, 0.1) is 38.5 Å². The van der Waals surface area contributed by atoms with Gasteiger partial charge in [-0.2, -0.15) is 0 Å². The quantitative estimate of drug-likeness (QED) is 0.837. The molecule has 1 aliphatic heterocycles. The van der Waals surface area contributed by atoms with E-state index in [0.29, 0.717) is 11.3 Å². The zero-order valence-electron chi connectivity index (χ0n) is 14.8. The Labute approximate surface area is 146 Å². The van der Waals surface area contributed by atoms with Gasteiger partial charge in [0.15, 0.2) is 11.5 Å². The Morgan fingerprint density at radius 2 is 1.68 bits per heavy atom. The number of benzene rings is 1. The summed E-state index contributed by atoms with van der Waals surface area (Å²) in [6.07, 6.45) is 3.05. The number of hydrogen-bond donors (Lipinski definition) is 1. The first kappa shape index (κ1) is 18.4. The highest BCUT2D eigenvalue weighted by Crippen LogP contribution is 2.37. The summed E-state index contributed by atoms with van der Waals surface area (Å²) in [6, 6.07) is 3.04. The summed E-state index contributed by atoms with van der Waals surface area (Å²) in [5.74, 6) is -1.08. The van der Waals surface area contributed by atoms with E-state index in [0.717, 1.165) is 5.56 Å². The number of aromatic hydroxyl groups is 1. The van der Waals surface area contributed by atoms with E-state index in [1.54, 1.807) is 24.2 Å². The predicted molar refractivity (Wildman–Crippen MR) is 90.9 cm³/mol. The first-order chi connectivity index (χ1) is 11.8. The van der Waals surface area contributed by atoms with Crippen molar-refractivity contribution in [1.29, 1.82) is 0 Å². The van der Waals surface area contributed by atoms with Crippen LogP contribution in [0.2, 0.25) is 0 Å². The van der Waals surface area contributed by atoms with Crippen LogP contribution in [-0.4, -0.2) is 50.3 Å². The van der Waals surface area contributed by atoms with Crippen molar-refractivity contribution in [1.82, 2.24) is 4.90 Å². The standard InChI is InChI=1S/C18H21NO6/c1-10-12-8-16(23-3)15(20)7-11(12)6-13(17(21)24-4)14(9-19(10)2)18(22)25-5/h6-10,20H,1-5H3. The summed E-state index contributed by atoms with van der Waals surface area (Å²) < 4.78 is 14.8. The van der Waals surface area contributed by atoms with E-state index in [1.807, 2.05) is 6.92 Å². The maximum atomic E-state index is 12.2. The van der Waals surface area contributed by atoms with Crippen LogP contribution < -0.4 is 4.74 Å². The Hall–Kier alpha value is -2.96. The third-order valence-electron chi connectivity index (χ3n) is 4.18. The molecule has 0 saturated carbocycles. The minimum Gasteiger partial charge on any atom is -0.504 e. The first-order valence-electron chi connectivity index (χ1n) is 7.57. The summed E-state index contributed by atoms with van der Waals surface area (Å²) in [5.41, 5.74) is 1.51. The molecule has 7 heteroatoms. The van der Waals surface area contributed by atoms with Crippen molar-refractivity contribution in [2.45, 2.75) is 13.0 Å². The fraction of sp³-hybridized carbons (Fsp3) is 0.333. The first-order valence-corrected chi connectivity index (χ1v) is 7.57. The largest absolute Gasteiger partial charge is 0.504 e. The lowest BCUT2D eigenvalue weighted by atomic mass is 9.93. The van der Waals surface area contributed by atoms with Crippen LogP contribution in [0.4, 0.5) is 0 Å². The van der Waals surface area contributed by atoms with Crippen LogP contribution in [0.25, 0.3) is 6.08 Å². The lowest BCUT2D eigenvalue weighted by Crippen LogP contribution is -2.24. The molecule has 134 valence electrons. The maximum Gasteiger partial charge on any atom is 0.340 e. The second kappa shape index (κ2) is 7.29. The van der Waals surface area contributed by atoms with Crippen LogP contribution in [0, 0.1) is 0 Å². The van der Waals surface area contributed by atoms with Crippen molar-refractivity contribution >= 4 is 18.0 Å². The molecule has 1 N–H and O–H groups in total. The molecule has 0 bridgehead atoms. The molecule has 0 aliphatic carbocycles. The van der Waals surface area contributed by atoms with Gasteiger partial charge < -0.3 is 24.2 Å². The van der Waals surface area contributed by atoms with Gasteiger partial charge in [0, 0.05) is 13.2 Å². The van der Waals surface area contributed by atoms with Gasteiger partial charge >= 0.3 is 11.9 Å². The molecule has 0 fully saturated rings. The average Bonchev–Trinajstić information content (AvgIpc) is 2.61. The fourth-order valence-electron chi connectivity index (χ4n) is 2.64. The van der Waals surface area contributed by atoms with Crippen molar-refractivity contribution in [3.05, 3.63) is 40.6 Å². The minimum atomic E-state index is -0.680. The smallest absolute Gasteiger partial charge is 0.340 e. The molecule has 1 heterocycles. The van der Waals surface area contributed by atoms with E-state index in [1.165, 1.54) is 33.5 Å². The van der Waals surface area contributed by atoms with E-state index in [2.05, 4.69) is 0 Å². The summed E-state index contributed by atoms with van der Waals surface area (Å²) in [4.78, 5) is 26.2. The molecule has 0 radical (unpaired) electrons. The molecule has 2 rings (SSSR count). The van der Waals surface area contributed by atoms with Crippen LogP contribution in [0.3, 0.4) is 0 Å². The predicted octanol–water partition coefficient (Wildman–Crippen LogP) is 2.02. The van der Waals surface area contributed by atoms with E-state index in [9.17, 15) is 14.7 Å². The normalized spacial score (nSPS) is 16.7. The minimum absolute atomic E-state index is 0.0407. The molecular formula is C18H21NO6. The zero-order chi connectivity index (χ0) is 18.7. The molecule has 0 amide bonds. The van der Waals surface area contributed by atoms with Crippen LogP contribution >= 0.6 is 0 Å². The highest BCUT2D eigenvalue weighted by Gasteiger charge is 2.28. The van der Waals surface area contributed by atoms with Gasteiger partial charge in [-0.15, -0.1) is 0 Å². The summed E-state index contributed by atoms with van der Waals surface area (Å²) in [6.45, 7) is 1.93. The summed E-state index contributed by atoms with van der Waals surface area (Å²) in [7, 11) is 5.71. The molecule has 1 aromatic rings. The van der Waals surface area contributed by atoms with Crippen molar-refractivity contribution in [2.75, 3.05) is 28.4 Å². The number of nitrogens with zero attached hydrogens (tertiary/aromatic N) is 1. The van der Waals surface area contributed by atoms with Crippen molar-refractivity contribution < 1.29 is 28.9 Å². The Bertz CT molecular complexity index is 765. The molecule has 7 nitrogen and oxygen atoms in total. The SMILES string of the molecule is COC(=O)C1=Cc2cc(O)c(OC)cc2C(C)N(C)C=C1C(=O)OC. The monoisotopic (exact) mass is 347 g/mol. The number of hydrogen-bond acceptors (Lipinski definition) is 7. The van der Waals surface area contributed by atoms with Crippen molar-refractivity contribution in [3.8, 4) is 11.5 Å². The number of methoxy groups -OCH3 is 3. The molecule has 0 saturated heterocycles. The lowest BCUT2D eigenvalue weighted by Gasteiger charge is -2.28. The summed E-state index contributed by atoms with van der Waals surface area (Å²) in [5, 5.41) is 10.1. The molecule has 25 heavy (non-hydrogen) atoms. The Morgan fingerprint density at radius 1 is 1.08 bits per heavy atom. The third kappa shape index (κ3) is 3.45. The molecule has 1 aliphatic rings. The lowest BCUT2D eigenvalue weighted by molar-refractivity contribution is -0.139. The van der Waals surface area contributed by atoms with Gasteiger partial charge in [0.25, 0.3) is 0 Å². The number of phenolic OH excluding ortho intramolecular Hbond substituents is 1. The van der Waals surface area contributed by atoms with Gasteiger partial charge in [-0.25, -0.2) is 9.59 Å². The number of rotatable bonds is 3. The third-order valence-corrected chi connectivity index (χ3v) is 4.18. The van der Waals surface area contributed by atoms with Crippen LogP contribution in [0.1, 0.15) is 24.1 Å². The Morgan fingerprint density at radius 3 is 2.24 bits per heavy atom. The molecule has 0 aromatic heterocycles. The van der Waals surface area contributed by atoms with Crippen LogP contribution in [0.5, 0.6) is 11.5 Å². The number of phenols is 1. The van der Waals surface area contributed by atoms with Gasteiger partial charge in [0.2, 0.25) is 0 Å². The molecule has 1 aromatic carbocycles. The van der Waals surface area contributed by atoms with Gasteiger partial charge in [-0.1, -0.05) is 0 Å². The van der Waals surface area contributed by atoms with Crippen LogP contribution in [0.15, 0.2) is 29.5 Å². The second-order valence-corrected chi connectivity index (χ2v) is 5.58. The topological polar surface area (TPSA) is 85.3 Å². The maximum absolute atomic E-state index is 12.2. The van der Waals surface area contributed by atoms with E-state index in [-0.39, 0.29) is 22.9 Å². The van der Waals surface area contributed by atoms with E-state index < -0.39 is 11.9 Å². The van der Waals surface area contributed by atoms with E-state index >= 15 is 0 Å². The Balaban J connectivity index is 2.78. The number of esters is 2. The highest BCUT2D eigenvalue weighted by molar-refractivity contribution is 6.10. The number of ether oxygens (including phenoxy) is 3. The van der Waals surface area contributed by atoms with Crippen LogP contribution in [-0.2, 0) is 19.1 Å². The van der Waals surface area contributed by atoms with Gasteiger partial charge in [-0.3, -0.25) is 0 Å². The molecule has 1 unspecified atom stereocenters. The summed E-state index contributed by atoms with van der Waals surface area (Å²) >= 11 is 0. The molecule has 0 spiro atoms. The van der Waals surface area contributed by atoms with Crippen molar-refractivity contribution in [2.24, 2.45) is 0 Å². The fourth-order valence-corrected chi connectivity index (χ4v) is 2.64. The van der Waals surface area contributed by atoms with Crippen molar-refractivity contribution in [3.63, 3.8) is 0 Å². The molecule has 1 atom stereocenters. The molecular weight excluding hydrogens is 326 g/mol. The van der Waals surface area contributed by atoms with E-state index in [4.69, 9.17) is 14.2 Å². The van der Waals surface area contributed by atoms with Gasteiger partial charge in [0.1, 0.15) is 0 Å². The highest BCUT2D eigenvalue weighted by atomic mass is 16.5. The number of fused-ring (bicyclic) bond motifs is 1. The Kier molecular flexibility index (Phi) is 5.36. The number of carbonyl (C=O) groups excluding carboxylic acids is 2.